The van der Waals surface area contributed by atoms with Crippen LogP contribution in [-0.2, 0) is 16.0 Å². The van der Waals surface area contributed by atoms with Crippen molar-refractivity contribution in [2.24, 2.45) is 0 Å². The van der Waals surface area contributed by atoms with Gasteiger partial charge >= 0.3 is 5.97 Å². The minimum atomic E-state index is -0.582. The third kappa shape index (κ3) is 4.10. The lowest BCUT2D eigenvalue weighted by Crippen LogP contribution is -2.12. The van der Waals surface area contributed by atoms with Crippen LogP contribution in [0.1, 0.15) is 29.8 Å². The summed E-state index contributed by atoms with van der Waals surface area (Å²) in [5.41, 5.74) is 1.22. The highest BCUT2D eigenvalue weighted by Gasteiger charge is 2.15. The summed E-state index contributed by atoms with van der Waals surface area (Å²) in [5, 5.41) is -0.582. The van der Waals surface area contributed by atoms with Crippen LogP contribution < -0.4 is 0 Å². The number of ether oxygens (including phenoxy) is 1. The molecule has 0 radical (unpaired) electrons. The fourth-order valence-electron chi connectivity index (χ4n) is 1.46. The normalized spacial score (nSPS) is 12.0. The molecule has 1 rings (SSSR count). The quantitative estimate of drug-likeness (QED) is 0.471. The number of alkyl halides is 1. The Morgan fingerprint density at radius 1 is 1.44 bits per heavy atom. The maximum absolute atomic E-state index is 11.8. The number of halogens is 2. The Hall–Kier alpha value is -0.870. The minimum absolute atomic E-state index is 0.131. The van der Waals surface area contributed by atoms with Crippen molar-refractivity contribution in [2.75, 3.05) is 6.61 Å². The van der Waals surface area contributed by atoms with Crippen LogP contribution in [0.2, 0.25) is 0 Å². The van der Waals surface area contributed by atoms with Crippen LogP contribution in [0.4, 0.5) is 0 Å². The van der Waals surface area contributed by atoms with E-state index in [1.165, 1.54) is 0 Å². The number of esters is 1. The summed E-state index contributed by atoms with van der Waals surface area (Å²) in [5.74, 6) is -0.476. The SMILES string of the molecule is CCOC(=O)Cc1cc(C(=O)C(C)Cl)ccc1Br. The summed E-state index contributed by atoms with van der Waals surface area (Å²) in [6.07, 6.45) is 0.131. The van der Waals surface area contributed by atoms with Gasteiger partial charge in [0.15, 0.2) is 5.78 Å². The molecule has 0 amide bonds. The zero-order valence-electron chi connectivity index (χ0n) is 10.2. The number of benzene rings is 1. The fourth-order valence-corrected chi connectivity index (χ4v) is 1.97. The number of Topliss-reactive ketones (excluding diaryl/α,β-unsaturated/α-hetero) is 1. The predicted octanol–water partition coefficient (Wildman–Crippen LogP) is 3.36. The van der Waals surface area contributed by atoms with Crippen LogP contribution in [0.25, 0.3) is 0 Å². The maximum atomic E-state index is 11.8. The second kappa shape index (κ2) is 6.90. The second-order valence-electron chi connectivity index (χ2n) is 3.77. The Bertz CT molecular complexity index is 458. The van der Waals surface area contributed by atoms with Crippen LogP contribution in [0.5, 0.6) is 0 Å². The molecule has 0 saturated heterocycles. The fraction of sp³-hybridized carbons (Fsp3) is 0.385. The Morgan fingerprint density at radius 2 is 2.11 bits per heavy atom. The molecule has 1 unspecified atom stereocenters. The van der Waals surface area contributed by atoms with Crippen LogP contribution >= 0.6 is 27.5 Å². The van der Waals surface area contributed by atoms with Gasteiger partial charge in [-0.15, -0.1) is 11.6 Å². The van der Waals surface area contributed by atoms with Gasteiger partial charge in [-0.05, 0) is 31.5 Å². The maximum Gasteiger partial charge on any atom is 0.310 e. The largest absolute Gasteiger partial charge is 0.466 e. The van der Waals surface area contributed by atoms with E-state index in [1.807, 2.05) is 0 Å². The molecular formula is C13H14BrClO3. The van der Waals surface area contributed by atoms with Crippen LogP contribution in [0, 0.1) is 0 Å². The van der Waals surface area contributed by atoms with Gasteiger partial charge in [0.2, 0.25) is 0 Å². The third-order valence-corrected chi connectivity index (χ3v) is 3.30. The molecule has 0 aliphatic rings. The Balaban J connectivity index is 2.94. The van der Waals surface area contributed by atoms with Gasteiger partial charge in [0.05, 0.1) is 18.4 Å². The lowest BCUT2D eigenvalue weighted by atomic mass is 10.0. The van der Waals surface area contributed by atoms with Crippen molar-refractivity contribution in [1.82, 2.24) is 0 Å². The number of ketones is 1. The van der Waals surface area contributed by atoms with Crippen molar-refractivity contribution in [2.45, 2.75) is 25.6 Å². The van der Waals surface area contributed by atoms with E-state index in [2.05, 4.69) is 15.9 Å². The average Bonchev–Trinajstić information content (AvgIpc) is 2.31. The van der Waals surface area contributed by atoms with E-state index in [0.717, 1.165) is 10.0 Å². The van der Waals surface area contributed by atoms with Crippen molar-refractivity contribution in [3.63, 3.8) is 0 Å². The smallest absolute Gasteiger partial charge is 0.310 e. The highest BCUT2D eigenvalue weighted by atomic mass is 79.9. The van der Waals surface area contributed by atoms with Gasteiger partial charge in [-0.3, -0.25) is 9.59 Å². The van der Waals surface area contributed by atoms with E-state index in [0.29, 0.717) is 12.2 Å². The molecule has 5 heteroatoms. The van der Waals surface area contributed by atoms with Gasteiger partial charge in [-0.1, -0.05) is 22.0 Å². The molecule has 0 aliphatic carbocycles. The Kier molecular flexibility index (Phi) is 5.82. The van der Waals surface area contributed by atoms with Crippen LogP contribution in [0.15, 0.2) is 22.7 Å². The van der Waals surface area contributed by atoms with Gasteiger partial charge in [-0.25, -0.2) is 0 Å². The first-order valence-electron chi connectivity index (χ1n) is 5.58. The van der Waals surface area contributed by atoms with E-state index >= 15 is 0 Å². The highest BCUT2D eigenvalue weighted by Crippen LogP contribution is 2.21. The molecule has 3 nitrogen and oxygen atoms in total. The summed E-state index contributed by atoms with van der Waals surface area (Å²) in [7, 11) is 0. The zero-order chi connectivity index (χ0) is 13.7. The van der Waals surface area contributed by atoms with Crippen LogP contribution in [0.3, 0.4) is 0 Å². The van der Waals surface area contributed by atoms with Crippen LogP contribution in [-0.4, -0.2) is 23.7 Å². The first-order valence-corrected chi connectivity index (χ1v) is 6.81. The lowest BCUT2D eigenvalue weighted by molar-refractivity contribution is -0.142. The number of hydrogen-bond donors (Lipinski definition) is 0. The highest BCUT2D eigenvalue weighted by molar-refractivity contribution is 9.10. The molecule has 0 aromatic heterocycles. The average molecular weight is 334 g/mol. The second-order valence-corrected chi connectivity index (χ2v) is 5.28. The molecule has 0 bridgehead atoms. The standard InChI is InChI=1S/C13H14BrClO3/c1-3-18-12(16)7-10-6-9(4-5-11(10)14)13(17)8(2)15/h4-6,8H,3,7H2,1-2H3. The Morgan fingerprint density at radius 3 is 2.67 bits per heavy atom. The first-order chi connectivity index (χ1) is 8.45. The zero-order valence-corrected chi connectivity index (χ0v) is 12.5. The molecule has 0 spiro atoms. The van der Waals surface area contributed by atoms with E-state index in [-0.39, 0.29) is 18.2 Å². The predicted molar refractivity (Wildman–Crippen MR) is 74.1 cm³/mol. The van der Waals surface area contributed by atoms with Crippen molar-refractivity contribution in [3.8, 4) is 0 Å². The lowest BCUT2D eigenvalue weighted by Gasteiger charge is -2.08. The molecule has 1 aromatic carbocycles. The summed E-state index contributed by atoms with van der Waals surface area (Å²) in [4.78, 5) is 23.2. The van der Waals surface area contributed by atoms with Crippen molar-refractivity contribution in [1.29, 1.82) is 0 Å². The van der Waals surface area contributed by atoms with Crippen molar-refractivity contribution >= 4 is 39.3 Å². The van der Waals surface area contributed by atoms with E-state index in [9.17, 15) is 9.59 Å². The third-order valence-electron chi connectivity index (χ3n) is 2.33. The summed E-state index contributed by atoms with van der Waals surface area (Å²) in [6.45, 7) is 3.72. The number of hydrogen-bond acceptors (Lipinski definition) is 3. The molecule has 0 heterocycles. The van der Waals surface area contributed by atoms with E-state index < -0.39 is 5.38 Å². The molecule has 18 heavy (non-hydrogen) atoms. The molecule has 0 aliphatic heterocycles. The minimum Gasteiger partial charge on any atom is -0.466 e. The molecule has 1 atom stereocenters. The molecule has 98 valence electrons. The van der Waals surface area contributed by atoms with Gasteiger partial charge in [-0.2, -0.15) is 0 Å². The van der Waals surface area contributed by atoms with Gasteiger partial charge in [0.1, 0.15) is 0 Å². The monoisotopic (exact) mass is 332 g/mol. The number of carbonyl (C=O) groups excluding carboxylic acids is 2. The molecule has 0 fully saturated rings. The summed E-state index contributed by atoms with van der Waals surface area (Å²) in [6, 6.07) is 5.09. The molecule has 0 saturated carbocycles. The number of rotatable bonds is 5. The molecule has 0 N–H and O–H groups in total. The van der Waals surface area contributed by atoms with Gasteiger partial charge in [0.25, 0.3) is 0 Å². The van der Waals surface area contributed by atoms with Gasteiger partial charge in [0, 0.05) is 10.0 Å². The van der Waals surface area contributed by atoms with Crippen molar-refractivity contribution in [3.05, 3.63) is 33.8 Å². The summed E-state index contributed by atoms with van der Waals surface area (Å²) < 4.78 is 5.65. The Labute approximate surface area is 120 Å². The van der Waals surface area contributed by atoms with E-state index in [1.54, 1.807) is 32.0 Å². The number of carbonyl (C=O) groups is 2. The first kappa shape index (κ1) is 15.2. The van der Waals surface area contributed by atoms with Crippen molar-refractivity contribution < 1.29 is 14.3 Å². The van der Waals surface area contributed by atoms with Gasteiger partial charge < -0.3 is 4.74 Å². The summed E-state index contributed by atoms with van der Waals surface area (Å²) >= 11 is 9.10. The molecule has 1 aromatic rings. The topological polar surface area (TPSA) is 43.4 Å². The molecular weight excluding hydrogens is 319 g/mol. The van der Waals surface area contributed by atoms with E-state index in [4.69, 9.17) is 16.3 Å².